The minimum absolute atomic E-state index is 0.189. The minimum Gasteiger partial charge on any atom is -0.489 e. The summed E-state index contributed by atoms with van der Waals surface area (Å²) in [6.07, 6.45) is 2.70. The van der Waals surface area contributed by atoms with E-state index in [0.717, 1.165) is 40.9 Å². The first-order valence-corrected chi connectivity index (χ1v) is 9.64. The lowest BCUT2D eigenvalue weighted by atomic mass is 9.99. The van der Waals surface area contributed by atoms with Gasteiger partial charge in [-0.25, -0.2) is 0 Å². The Balaban J connectivity index is 1.69. The summed E-state index contributed by atoms with van der Waals surface area (Å²) in [5.74, 6) is 1.56. The molecule has 1 fully saturated rings. The molecule has 0 N–H and O–H groups in total. The van der Waals surface area contributed by atoms with E-state index >= 15 is 0 Å². The number of likely N-dealkylation sites (tertiary alicyclic amines) is 1. The fourth-order valence-electron chi connectivity index (χ4n) is 3.25. The van der Waals surface area contributed by atoms with E-state index in [2.05, 4.69) is 22.9 Å². The highest BCUT2D eigenvalue weighted by atomic mass is 79.9. The predicted octanol–water partition coefficient (Wildman–Crippen LogP) is 4.83. The van der Waals surface area contributed by atoms with Crippen molar-refractivity contribution in [1.29, 1.82) is 0 Å². The molecule has 3 rings (SSSR count). The van der Waals surface area contributed by atoms with Crippen LogP contribution in [0.15, 0.2) is 53.0 Å². The highest BCUT2D eigenvalue weighted by Gasteiger charge is 2.22. The van der Waals surface area contributed by atoms with Crippen molar-refractivity contribution < 1.29 is 9.53 Å². The van der Waals surface area contributed by atoms with Gasteiger partial charge in [0.25, 0.3) is 0 Å². The molecule has 0 radical (unpaired) electrons. The van der Waals surface area contributed by atoms with E-state index in [4.69, 9.17) is 4.74 Å². The summed E-state index contributed by atoms with van der Waals surface area (Å²) in [4.78, 5) is 14.7. The molecule has 2 aromatic rings. The summed E-state index contributed by atoms with van der Waals surface area (Å²) in [7, 11) is 0. The van der Waals surface area contributed by atoms with Gasteiger partial charge in [0.15, 0.2) is 0 Å². The van der Waals surface area contributed by atoms with E-state index in [1.165, 1.54) is 6.42 Å². The Labute approximate surface area is 158 Å². The lowest BCUT2D eigenvalue weighted by Gasteiger charge is -2.31. The van der Waals surface area contributed by atoms with Gasteiger partial charge in [0, 0.05) is 23.1 Å². The summed E-state index contributed by atoms with van der Waals surface area (Å²) in [5, 5.41) is 0. The Bertz CT molecular complexity index is 717. The van der Waals surface area contributed by atoms with Crippen LogP contribution in [0, 0.1) is 5.92 Å². The zero-order chi connectivity index (χ0) is 17.6. The lowest BCUT2D eigenvalue weighted by Crippen LogP contribution is -2.39. The van der Waals surface area contributed by atoms with E-state index in [1.54, 1.807) is 0 Å². The van der Waals surface area contributed by atoms with Crippen molar-refractivity contribution in [3.8, 4) is 5.75 Å². The van der Waals surface area contributed by atoms with Gasteiger partial charge in [0.1, 0.15) is 12.4 Å². The maximum Gasteiger partial charge on any atom is 0.227 e. The second-order valence-electron chi connectivity index (χ2n) is 6.79. The molecular weight excluding hydrogens is 378 g/mol. The number of ether oxygens (including phenoxy) is 1. The van der Waals surface area contributed by atoms with E-state index in [9.17, 15) is 4.79 Å². The molecule has 0 aliphatic carbocycles. The molecule has 1 saturated heterocycles. The Morgan fingerprint density at radius 3 is 2.80 bits per heavy atom. The number of carbonyl (C=O) groups excluding carboxylic acids is 1. The molecule has 0 saturated carbocycles. The Hall–Kier alpha value is -1.81. The van der Waals surface area contributed by atoms with Gasteiger partial charge in [0.2, 0.25) is 5.91 Å². The van der Waals surface area contributed by atoms with Gasteiger partial charge in [-0.2, -0.15) is 0 Å². The minimum atomic E-state index is 0.189. The molecule has 1 amide bonds. The standard InChI is InChI=1S/C21H24BrNO2/c1-16-6-5-11-23(14-16)21(24)13-18-12-19(22)9-10-20(18)25-15-17-7-3-2-4-8-17/h2-4,7-10,12,16H,5-6,11,13-15H2,1H3. The third kappa shape index (κ3) is 5.08. The smallest absolute Gasteiger partial charge is 0.227 e. The molecule has 3 nitrogen and oxygen atoms in total. The fourth-order valence-corrected chi connectivity index (χ4v) is 3.66. The van der Waals surface area contributed by atoms with Crippen molar-refractivity contribution in [3.63, 3.8) is 0 Å². The average Bonchev–Trinajstić information content (AvgIpc) is 2.62. The van der Waals surface area contributed by atoms with Crippen LogP contribution in [0.2, 0.25) is 0 Å². The monoisotopic (exact) mass is 401 g/mol. The van der Waals surface area contributed by atoms with Gasteiger partial charge in [-0.1, -0.05) is 53.2 Å². The highest BCUT2D eigenvalue weighted by molar-refractivity contribution is 9.10. The fraction of sp³-hybridized carbons (Fsp3) is 0.381. The zero-order valence-corrected chi connectivity index (χ0v) is 16.2. The Kier molecular flexibility index (Phi) is 6.14. The van der Waals surface area contributed by atoms with Crippen molar-refractivity contribution in [2.24, 2.45) is 5.92 Å². The van der Waals surface area contributed by atoms with E-state index in [-0.39, 0.29) is 5.91 Å². The molecule has 0 bridgehead atoms. The highest BCUT2D eigenvalue weighted by Crippen LogP contribution is 2.26. The van der Waals surface area contributed by atoms with Crippen molar-refractivity contribution >= 4 is 21.8 Å². The third-order valence-corrected chi connectivity index (χ3v) is 5.10. The molecule has 1 aliphatic rings. The molecule has 25 heavy (non-hydrogen) atoms. The Morgan fingerprint density at radius 2 is 2.04 bits per heavy atom. The van der Waals surface area contributed by atoms with E-state index in [1.807, 2.05) is 53.4 Å². The molecule has 2 aromatic carbocycles. The van der Waals surface area contributed by atoms with Crippen LogP contribution in [0.1, 0.15) is 30.9 Å². The number of piperidine rings is 1. The first-order chi connectivity index (χ1) is 12.1. The number of hydrogen-bond acceptors (Lipinski definition) is 2. The average molecular weight is 402 g/mol. The van der Waals surface area contributed by atoms with Gasteiger partial charge in [0.05, 0.1) is 6.42 Å². The van der Waals surface area contributed by atoms with Gasteiger partial charge in [-0.15, -0.1) is 0 Å². The van der Waals surface area contributed by atoms with Crippen LogP contribution >= 0.6 is 15.9 Å². The molecular formula is C21H24BrNO2. The van der Waals surface area contributed by atoms with E-state index in [0.29, 0.717) is 18.9 Å². The largest absolute Gasteiger partial charge is 0.489 e. The summed E-state index contributed by atoms with van der Waals surface area (Å²) >= 11 is 3.51. The molecule has 0 aromatic heterocycles. The summed E-state index contributed by atoms with van der Waals surface area (Å²) in [6, 6.07) is 16.0. The van der Waals surface area contributed by atoms with Crippen molar-refractivity contribution in [2.45, 2.75) is 32.8 Å². The maximum absolute atomic E-state index is 12.7. The molecule has 1 aliphatic heterocycles. The predicted molar refractivity (Wildman–Crippen MR) is 104 cm³/mol. The summed E-state index contributed by atoms with van der Waals surface area (Å²) in [6.45, 7) is 4.46. The van der Waals surface area contributed by atoms with Crippen LogP contribution in [0.3, 0.4) is 0 Å². The van der Waals surface area contributed by atoms with Crippen LogP contribution < -0.4 is 4.74 Å². The van der Waals surface area contributed by atoms with Crippen molar-refractivity contribution in [2.75, 3.05) is 13.1 Å². The maximum atomic E-state index is 12.7. The normalized spacial score (nSPS) is 17.4. The lowest BCUT2D eigenvalue weighted by molar-refractivity contribution is -0.132. The van der Waals surface area contributed by atoms with Crippen molar-refractivity contribution in [3.05, 3.63) is 64.1 Å². The second-order valence-corrected chi connectivity index (χ2v) is 7.71. The van der Waals surface area contributed by atoms with Gasteiger partial charge < -0.3 is 9.64 Å². The molecule has 0 spiro atoms. The first-order valence-electron chi connectivity index (χ1n) is 8.85. The molecule has 1 atom stereocenters. The van der Waals surface area contributed by atoms with Gasteiger partial charge in [-0.3, -0.25) is 4.79 Å². The van der Waals surface area contributed by atoms with Crippen LogP contribution in [-0.2, 0) is 17.8 Å². The number of rotatable bonds is 5. The number of amides is 1. The molecule has 4 heteroatoms. The molecule has 132 valence electrons. The van der Waals surface area contributed by atoms with E-state index < -0.39 is 0 Å². The van der Waals surface area contributed by atoms with Crippen LogP contribution in [0.5, 0.6) is 5.75 Å². The quantitative estimate of drug-likeness (QED) is 0.717. The molecule has 1 unspecified atom stereocenters. The SMILES string of the molecule is CC1CCCN(C(=O)Cc2cc(Br)ccc2OCc2ccccc2)C1. The first kappa shape index (κ1) is 18.0. The summed E-state index contributed by atoms with van der Waals surface area (Å²) < 4.78 is 6.96. The Morgan fingerprint density at radius 1 is 1.24 bits per heavy atom. The second kappa shape index (κ2) is 8.52. The van der Waals surface area contributed by atoms with Gasteiger partial charge in [-0.05, 0) is 42.5 Å². The number of hydrogen-bond donors (Lipinski definition) is 0. The van der Waals surface area contributed by atoms with Crippen LogP contribution in [-0.4, -0.2) is 23.9 Å². The summed E-state index contributed by atoms with van der Waals surface area (Å²) in [5.41, 5.74) is 2.06. The number of carbonyl (C=O) groups is 1. The third-order valence-electron chi connectivity index (χ3n) is 4.61. The molecule has 1 heterocycles. The number of nitrogens with zero attached hydrogens (tertiary/aromatic N) is 1. The van der Waals surface area contributed by atoms with Crippen LogP contribution in [0.4, 0.5) is 0 Å². The van der Waals surface area contributed by atoms with Gasteiger partial charge >= 0.3 is 0 Å². The topological polar surface area (TPSA) is 29.5 Å². The number of halogens is 1. The van der Waals surface area contributed by atoms with Crippen molar-refractivity contribution in [1.82, 2.24) is 4.90 Å². The van der Waals surface area contributed by atoms with Crippen LogP contribution in [0.25, 0.3) is 0 Å². The number of benzene rings is 2. The zero-order valence-electron chi connectivity index (χ0n) is 14.6.